The van der Waals surface area contributed by atoms with Crippen LogP contribution in [0, 0.1) is 6.92 Å². The van der Waals surface area contributed by atoms with E-state index in [0.717, 1.165) is 17.2 Å². The average molecular weight is 280 g/mol. The Kier molecular flexibility index (Phi) is 4.12. The fourth-order valence-electron chi connectivity index (χ4n) is 1.67. The Hall–Kier alpha value is -1.94. The summed E-state index contributed by atoms with van der Waals surface area (Å²) in [5.74, 6) is 1.23. The second-order valence-electron chi connectivity index (χ2n) is 4.05. The molecule has 0 saturated heterocycles. The second kappa shape index (κ2) is 5.80. The second-order valence-corrected chi connectivity index (χ2v) is 4.46. The zero-order valence-corrected chi connectivity index (χ0v) is 11.5. The number of aryl methyl sites for hydroxylation is 1. The molecule has 1 N–H and O–H groups in total. The number of furan rings is 1. The monoisotopic (exact) mass is 279 g/mol. The normalized spacial score (nSPS) is 10.3. The molecule has 0 saturated carbocycles. The van der Waals surface area contributed by atoms with E-state index in [9.17, 15) is 4.79 Å². The summed E-state index contributed by atoms with van der Waals surface area (Å²) >= 11 is 5.94. The first-order valence-electron chi connectivity index (χ1n) is 5.77. The quantitative estimate of drug-likeness (QED) is 0.868. The van der Waals surface area contributed by atoms with Gasteiger partial charge in [-0.15, -0.1) is 0 Å². The van der Waals surface area contributed by atoms with Crippen LogP contribution in [0.2, 0.25) is 5.02 Å². The minimum Gasteiger partial charge on any atom is -0.465 e. The molecule has 0 atom stereocenters. The molecule has 0 unspecified atom stereocenters. The van der Waals surface area contributed by atoms with Gasteiger partial charge in [-0.25, -0.2) is 4.79 Å². The smallest absolute Gasteiger partial charge is 0.339 e. The topological polar surface area (TPSA) is 51.5 Å². The third-order valence-electron chi connectivity index (χ3n) is 2.63. The van der Waals surface area contributed by atoms with E-state index in [1.807, 2.05) is 19.1 Å². The van der Waals surface area contributed by atoms with Crippen LogP contribution in [-0.4, -0.2) is 13.1 Å². The van der Waals surface area contributed by atoms with E-state index in [-0.39, 0.29) is 0 Å². The average Bonchev–Trinajstić information content (AvgIpc) is 2.83. The van der Waals surface area contributed by atoms with Crippen molar-refractivity contribution < 1.29 is 13.9 Å². The molecule has 100 valence electrons. The molecular weight excluding hydrogens is 266 g/mol. The molecule has 0 spiro atoms. The molecule has 1 heterocycles. The van der Waals surface area contributed by atoms with Gasteiger partial charge in [0.05, 0.1) is 24.2 Å². The summed E-state index contributed by atoms with van der Waals surface area (Å²) in [5.41, 5.74) is 1.11. The third kappa shape index (κ3) is 3.29. The van der Waals surface area contributed by atoms with Gasteiger partial charge in [-0.05, 0) is 37.3 Å². The number of methoxy groups -OCH3 is 1. The van der Waals surface area contributed by atoms with Gasteiger partial charge < -0.3 is 14.5 Å². The maximum Gasteiger partial charge on any atom is 0.339 e. The maximum absolute atomic E-state index is 11.5. The lowest BCUT2D eigenvalue weighted by atomic mass is 10.2. The first kappa shape index (κ1) is 13.5. The van der Waals surface area contributed by atoms with E-state index in [2.05, 4.69) is 10.1 Å². The van der Waals surface area contributed by atoms with E-state index in [1.165, 1.54) is 7.11 Å². The summed E-state index contributed by atoms with van der Waals surface area (Å²) in [6.45, 7) is 2.43. The minimum absolute atomic E-state index is 0.338. The Bertz CT molecular complexity index is 592. The molecule has 1 aromatic carbocycles. The van der Waals surface area contributed by atoms with Crippen LogP contribution in [0.4, 0.5) is 5.69 Å². The zero-order chi connectivity index (χ0) is 13.8. The van der Waals surface area contributed by atoms with Gasteiger partial charge in [0.2, 0.25) is 0 Å². The van der Waals surface area contributed by atoms with Gasteiger partial charge in [-0.3, -0.25) is 0 Å². The molecule has 0 aliphatic heterocycles. The standard InChI is InChI=1S/C14H14ClNO3/c1-9-3-5-11(19-9)8-16-10-4-6-13(15)12(7-10)14(17)18-2/h3-7,16H,8H2,1-2H3. The predicted molar refractivity (Wildman–Crippen MR) is 73.6 cm³/mol. The van der Waals surface area contributed by atoms with Crippen molar-refractivity contribution in [2.24, 2.45) is 0 Å². The van der Waals surface area contributed by atoms with E-state index in [0.29, 0.717) is 17.1 Å². The number of benzene rings is 1. The summed E-state index contributed by atoms with van der Waals surface area (Å²) in [7, 11) is 1.32. The number of nitrogens with one attached hydrogen (secondary N) is 1. The van der Waals surface area contributed by atoms with Crippen molar-refractivity contribution in [2.45, 2.75) is 13.5 Å². The van der Waals surface area contributed by atoms with Gasteiger partial charge in [0, 0.05) is 5.69 Å². The zero-order valence-electron chi connectivity index (χ0n) is 10.7. The highest BCUT2D eigenvalue weighted by Crippen LogP contribution is 2.22. The SMILES string of the molecule is COC(=O)c1cc(NCc2ccc(C)o2)ccc1Cl. The molecule has 19 heavy (non-hydrogen) atoms. The van der Waals surface area contributed by atoms with Crippen LogP contribution >= 0.6 is 11.6 Å². The van der Waals surface area contributed by atoms with Crippen LogP contribution in [0.3, 0.4) is 0 Å². The summed E-state index contributed by atoms with van der Waals surface area (Å²) in [4.78, 5) is 11.5. The Morgan fingerprint density at radius 3 is 2.79 bits per heavy atom. The first-order chi connectivity index (χ1) is 9.10. The van der Waals surface area contributed by atoms with Crippen LogP contribution in [0.5, 0.6) is 0 Å². The Labute approximate surface area is 116 Å². The van der Waals surface area contributed by atoms with Crippen LogP contribution < -0.4 is 5.32 Å². The van der Waals surface area contributed by atoms with Crippen molar-refractivity contribution in [1.82, 2.24) is 0 Å². The number of ether oxygens (including phenoxy) is 1. The number of carbonyl (C=O) groups is 1. The van der Waals surface area contributed by atoms with Crippen LogP contribution in [0.1, 0.15) is 21.9 Å². The molecule has 4 nitrogen and oxygen atoms in total. The van der Waals surface area contributed by atoms with Crippen molar-refractivity contribution in [3.05, 3.63) is 52.4 Å². The molecule has 0 radical (unpaired) electrons. The van der Waals surface area contributed by atoms with Crippen molar-refractivity contribution >= 4 is 23.3 Å². The number of esters is 1. The van der Waals surface area contributed by atoms with E-state index in [4.69, 9.17) is 16.0 Å². The Balaban J connectivity index is 2.10. The number of hydrogen-bond acceptors (Lipinski definition) is 4. The molecule has 1 aromatic heterocycles. The molecule has 5 heteroatoms. The summed E-state index contributed by atoms with van der Waals surface area (Å²) in [6, 6.07) is 8.91. The van der Waals surface area contributed by atoms with E-state index >= 15 is 0 Å². The number of rotatable bonds is 4. The number of anilines is 1. The molecule has 0 aliphatic rings. The van der Waals surface area contributed by atoms with Crippen molar-refractivity contribution in [2.75, 3.05) is 12.4 Å². The van der Waals surface area contributed by atoms with Crippen LogP contribution in [0.25, 0.3) is 0 Å². The Morgan fingerprint density at radius 1 is 1.37 bits per heavy atom. The minimum atomic E-state index is -0.456. The molecule has 0 fully saturated rings. The van der Waals surface area contributed by atoms with E-state index in [1.54, 1.807) is 18.2 Å². The molecule has 0 bridgehead atoms. The van der Waals surface area contributed by atoms with Gasteiger partial charge in [0.25, 0.3) is 0 Å². The molecule has 2 aromatic rings. The lowest BCUT2D eigenvalue weighted by molar-refractivity contribution is 0.0601. The highest BCUT2D eigenvalue weighted by molar-refractivity contribution is 6.33. The number of hydrogen-bond donors (Lipinski definition) is 1. The number of carbonyl (C=O) groups excluding carboxylic acids is 1. The summed E-state index contributed by atoms with van der Waals surface area (Å²) < 4.78 is 10.1. The van der Waals surface area contributed by atoms with Gasteiger partial charge in [0.1, 0.15) is 11.5 Å². The lowest BCUT2D eigenvalue weighted by Gasteiger charge is -2.08. The highest BCUT2D eigenvalue weighted by atomic mass is 35.5. The summed E-state index contributed by atoms with van der Waals surface area (Å²) in [6.07, 6.45) is 0. The van der Waals surface area contributed by atoms with Gasteiger partial charge in [-0.1, -0.05) is 11.6 Å². The van der Waals surface area contributed by atoms with Crippen molar-refractivity contribution in [3.63, 3.8) is 0 Å². The predicted octanol–water partition coefficient (Wildman–Crippen LogP) is 3.64. The first-order valence-corrected chi connectivity index (χ1v) is 6.15. The summed E-state index contributed by atoms with van der Waals surface area (Å²) in [5, 5.41) is 3.53. The maximum atomic E-state index is 11.5. The van der Waals surface area contributed by atoms with Crippen molar-refractivity contribution in [1.29, 1.82) is 0 Å². The Morgan fingerprint density at radius 2 is 2.16 bits per heavy atom. The largest absolute Gasteiger partial charge is 0.465 e. The number of halogens is 1. The van der Waals surface area contributed by atoms with E-state index < -0.39 is 5.97 Å². The molecule has 0 aliphatic carbocycles. The van der Waals surface area contributed by atoms with Gasteiger partial charge in [0.15, 0.2) is 0 Å². The van der Waals surface area contributed by atoms with Crippen LogP contribution in [0.15, 0.2) is 34.7 Å². The highest BCUT2D eigenvalue weighted by Gasteiger charge is 2.11. The van der Waals surface area contributed by atoms with Gasteiger partial charge in [-0.2, -0.15) is 0 Å². The van der Waals surface area contributed by atoms with Gasteiger partial charge >= 0.3 is 5.97 Å². The fourth-order valence-corrected chi connectivity index (χ4v) is 1.87. The van der Waals surface area contributed by atoms with Crippen LogP contribution in [-0.2, 0) is 11.3 Å². The molecular formula is C14H14ClNO3. The van der Waals surface area contributed by atoms with Crippen molar-refractivity contribution in [3.8, 4) is 0 Å². The molecule has 0 amide bonds. The third-order valence-corrected chi connectivity index (χ3v) is 2.96. The molecule has 2 rings (SSSR count). The fraction of sp³-hybridized carbons (Fsp3) is 0.214. The lowest BCUT2D eigenvalue weighted by Crippen LogP contribution is -2.04.